The number of hydrogen-bond acceptors (Lipinski definition) is 7. The Labute approximate surface area is 164 Å². The number of carbonyl (C=O) groups excluding carboxylic acids is 2. The number of rotatable bonds is 9. The van der Waals surface area contributed by atoms with Crippen LogP contribution < -0.4 is 11.1 Å². The molecule has 10 heteroatoms. The van der Waals surface area contributed by atoms with Crippen LogP contribution >= 0.6 is 23.1 Å². The number of aromatic nitrogens is 3. The van der Waals surface area contributed by atoms with Crippen molar-refractivity contribution in [2.24, 2.45) is 5.73 Å². The van der Waals surface area contributed by atoms with Crippen LogP contribution in [-0.4, -0.2) is 32.3 Å². The fourth-order valence-electron chi connectivity index (χ4n) is 2.43. The Kier molecular flexibility index (Phi) is 6.30. The Balaban J connectivity index is 1.66. The Morgan fingerprint density at radius 2 is 2.22 bits per heavy atom. The lowest BCUT2D eigenvalue weighted by atomic mass is 10.2. The van der Waals surface area contributed by atoms with Crippen LogP contribution in [-0.2, 0) is 16.1 Å². The van der Waals surface area contributed by atoms with Crippen molar-refractivity contribution in [1.82, 2.24) is 20.1 Å². The predicted octanol–water partition coefficient (Wildman–Crippen LogP) is 2.44. The van der Waals surface area contributed by atoms with Crippen LogP contribution in [0.5, 0.6) is 0 Å². The summed E-state index contributed by atoms with van der Waals surface area (Å²) in [6.07, 6.45) is 1.74. The summed E-state index contributed by atoms with van der Waals surface area (Å²) in [5, 5.41) is 13.8. The zero-order valence-electron chi connectivity index (χ0n) is 14.6. The van der Waals surface area contributed by atoms with Gasteiger partial charge in [-0.1, -0.05) is 17.8 Å². The molecule has 1 atom stereocenters. The first-order valence-electron chi connectivity index (χ1n) is 8.25. The van der Waals surface area contributed by atoms with Crippen LogP contribution in [0.15, 0.2) is 45.5 Å². The summed E-state index contributed by atoms with van der Waals surface area (Å²) in [6, 6.07) is 7.22. The van der Waals surface area contributed by atoms with E-state index in [0.717, 1.165) is 4.88 Å². The van der Waals surface area contributed by atoms with E-state index in [-0.39, 0.29) is 24.1 Å². The van der Waals surface area contributed by atoms with Gasteiger partial charge in [0.1, 0.15) is 5.76 Å². The molecule has 142 valence electrons. The Bertz CT molecular complexity index is 890. The number of primary amides is 1. The number of nitrogens with two attached hydrogens (primary N) is 1. The van der Waals surface area contributed by atoms with Crippen molar-refractivity contribution in [2.75, 3.05) is 5.75 Å². The number of thioether (sulfide) groups is 1. The predicted molar refractivity (Wildman–Crippen MR) is 103 cm³/mol. The monoisotopic (exact) mass is 405 g/mol. The van der Waals surface area contributed by atoms with E-state index in [1.807, 2.05) is 35.1 Å². The molecule has 0 aromatic carbocycles. The van der Waals surface area contributed by atoms with Gasteiger partial charge in [-0.2, -0.15) is 0 Å². The van der Waals surface area contributed by atoms with E-state index in [0.29, 0.717) is 23.3 Å². The molecule has 0 saturated carbocycles. The maximum Gasteiger partial charge on any atom is 0.231 e. The summed E-state index contributed by atoms with van der Waals surface area (Å²) in [5.41, 5.74) is 5.28. The maximum atomic E-state index is 12.2. The van der Waals surface area contributed by atoms with Crippen LogP contribution in [0.3, 0.4) is 0 Å². The lowest BCUT2D eigenvalue weighted by molar-refractivity contribution is -0.119. The standard InChI is InChI=1S/C17H19N5O3S2/c1-11(12-4-2-8-25-12)19-15(24)10-27-17-21-20-16(13-5-3-9-26-13)22(17)7-6-14(18)23/h2-5,8-9,11H,6-7,10H2,1H3,(H2,18,23)(H,19,24)/t11-/m0/s1. The summed E-state index contributed by atoms with van der Waals surface area (Å²) in [4.78, 5) is 24.4. The summed E-state index contributed by atoms with van der Waals surface area (Å²) in [5.74, 6) is 0.980. The molecule has 0 aliphatic heterocycles. The van der Waals surface area contributed by atoms with Crippen molar-refractivity contribution in [3.63, 3.8) is 0 Å². The van der Waals surface area contributed by atoms with E-state index in [1.54, 1.807) is 12.3 Å². The number of nitrogens with one attached hydrogen (secondary N) is 1. The second-order valence-electron chi connectivity index (χ2n) is 5.74. The van der Waals surface area contributed by atoms with Gasteiger partial charge in [0.15, 0.2) is 11.0 Å². The fourth-order valence-corrected chi connectivity index (χ4v) is 3.92. The minimum atomic E-state index is -0.401. The lowest BCUT2D eigenvalue weighted by Crippen LogP contribution is -2.28. The molecule has 0 radical (unpaired) electrons. The van der Waals surface area contributed by atoms with Crippen molar-refractivity contribution in [3.05, 3.63) is 41.7 Å². The van der Waals surface area contributed by atoms with Gasteiger partial charge in [-0.25, -0.2) is 0 Å². The summed E-state index contributed by atoms with van der Waals surface area (Å²) >= 11 is 2.79. The molecule has 0 unspecified atom stereocenters. The Morgan fingerprint density at radius 3 is 2.89 bits per heavy atom. The Morgan fingerprint density at radius 1 is 1.37 bits per heavy atom. The van der Waals surface area contributed by atoms with Gasteiger partial charge in [-0.3, -0.25) is 9.59 Å². The number of furan rings is 1. The second kappa shape index (κ2) is 8.87. The van der Waals surface area contributed by atoms with Gasteiger partial charge in [0.2, 0.25) is 11.8 Å². The zero-order valence-corrected chi connectivity index (χ0v) is 16.3. The third-order valence-corrected chi connectivity index (χ3v) is 5.55. The topological polar surface area (TPSA) is 116 Å². The first-order chi connectivity index (χ1) is 13.0. The molecule has 0 aliphatic rings. The molecular weight excluding hydrogens is 386 g/mol. The molecule has 0 saturated heterocycles. The van der Waals surface area contributed by atoms with E-state index in [1.165, 1.54) is 23.1 Å². The molecule has 3 aromatic heterocycles. The van der Waals surface area contributed by atoms with Crippen molar-refractivity contribution < 1.29 is 14.0 Å². The number of hydrogen-bond donors (Lipinski definition) is 2. The molecule has 0 fully saturated rings. The number of thiophene rings is 1. The van der Waals surface area contributed by atoms with Crippen LogP contribution in [0.2, 0.25) is 0 Å². The Hall–Kier alpha value is -2.59. The summed E-state index contributed by atoms with van der Waals surface area (Å²) in [6.45, 7) is 2.22. The molecule has 8 nitrogen and oxygen atoms in total. The summed E-state index contributed by atoms with van der Waals surface area (Å²) in [7, 11) is 0. The van der Waals surface area contributed by atoms with Crippen molar-refractivity contribution >= 4 is 34.9 Å². The maximum absolute atomic E-state index is 12.2. The van der Waals surface area contributed by atoms with Gasteiger partial charge in [0, 0.05) is 13.0 Å². The number of nitrogens with zero attached hydrogens (tertiary/aromatic N) is 3. The first-order valence-corrected chi connectivity index (χ1v) is 10.1. The SMILES string of the molecule is C[C@H](NC(=O)CSc1nnc(-c2cccs2)n1CCC(N)=O)c1ccco1. The van der Waals surface area contributed by atoms with Gasteiger partial charge in [-0.05, 0) is 30.5 Å². The molecule has 0 spiro atoms. The molecule has 0 aliphatic carbocycles. The average molecular weight is 406 g/mol. The molecule has 3 aromatic rings. The zero-order chi connectivity index (χ0) is 19.2. The highest BCUT2D eigenvalue weighted by Gasteiger charge is 2.18. The quantitative estimate of drug-likeness (QED) is 0.528. The van der Waals surface area contributed by atoms with Crippen LogP contribution in [0.1, 0.15) is 25.1 Å². The molecule has 3 N–H and O–H groups in total. The highest BCUT2D eigenvalue weighted by atomic mass is 32.2. The third kappa shape index (κ3) is 4.98. The molecular formula is C17H19N5O3S2. The molecule has 3 rings (SSSR count). The van der Waals surface area contributed by atoms with Crippen molar-refractivity contribution in [2.45, 2.75) is 31.1 Å². The highest BCUT2D eigenvalue weighted by molar-refractivity contribution is 7.99. The summed E-state index contributed by atoms with van der Waals surface area (Å²) < 4.78 is 7.11. The molecule has 3 heterocycles. The van der Waals surface area contributed by atoms with Gasteiger partial charge >= 0.3 is 0 Å². The van der Waals surface area contributed by atoms with Gasteiger partial charge in [-0.15, -0.1) is 21.5 Å². The van der Waals surface area contributed by atoms with Crippen LogP contribution in [0.4, 0.5) is 0 Å². The van der Waals surface area contributed by atoms with Crippen molar-refractivity contribution in [1.29, 1.82) is 0 Å². The molecule has 27 heavy (non-hydrogen) atoms. The highest BCUT2D eigenvalue weighted by Crippen LogP contribution is 2.27. The average Bonchev–Trinajstić information content (AvgIpc) is 3.39. The minimum Gasteiger partial charge on any atom is -0.467 e. The lowest BCUT2D eigenvalue weighted by Gasteiger charge is -2.11. The van der Waals surface area contributed by atoms with E-state index >= 15 is 0 Å². The van der Waals surface area contributed by atoms with Gasteiger partial charge in [0.25, 0.3) is 0 Å². The molecule has 2 amide bonds. The largest absolute Gasteiger partial charge is 0.467 e. The van der Waals surface area contributed by atoms with E-state index in [2.05, 4.69) is 15.5 Å². The minimum absolute atomic E-state index is 0.147. The van der Waals surface area contributed by atoms with Crippen LogP contribution in [0.25, 0.3) is 10.7 Å². The van der Waals surface area contributed by atoms with E-state index < -0.39 is 5.91 Å². The number of carbonyl (C=O) groups is 2. The van der Waals surface area contributed by atoms with Crippen LogP contribution in [0, 0.1) is 0 Å². The van der Waals surface area contributed by atoms with Gasteiger partial charge in [0.05, 0.1) is 22.9 Å². The molecule has 0 bridgehead atoms. The number of amides is 2. The van der Waals surface area contributed by atoms with Crippen molar-refractivity contribution in [3.8, 4) is 10.7 Å². The van der Waals surface area contributed by atoms with E-state index in [9.17, 15) is 9.59 Å². The normalized spacial score (nSPS) is 12.0. The smallest absolute Gasteiger partial charge is 0.231 e. The fraction of sp³-hybridized carbons (Fsp3) is 0.294. The third-order valence-electron chi connectivity index (χ3n) is 3.72. The first kappa shape index (κ1) is 19.2. The van der Waals surface area contributed by atoms with Gasteiger partial charge < -0.3 is 20.0 Å². The second-order valence-corrected chi connectivity index (χ2v) is 7.63. The van der Waals surface area contributed by atoms with E-state index in [4.69, 9.17) is 10.2 Å².